The summed E-state index contributed by atoms with van der Waals surface area (Å²) in [6, 6.07) is 9.49. The van der Waals surface area contributed by atoms with Crippen LogP contribution in [0.4, 0.5) is 0 Å². The average Bonchev–Trinajstić information content (AvgIpc) is 2.42. The summed E-state index contributed by atoms with van der Waals surface area (Å²) in [5.74, 6) is 1.23. The molecule has 0 aliphatic carbocycles. The first kappa shape index (κ1) is 9.27. The molecule has 0 saturated carbocycles. The summed E-state index contributed by atoms with van der Waals surface area (Å²) in [6.45, 7) is 0. The van der Waals surface area contributed by atoms with Gasteiger partial charge >= 0.3 is 0 Å². The van der Waals surface area contributed by atoms with Crippen molar-refractivity contribution in [1.29, 1.82) is 0 Å². The van der Waals surface area contributed by atoms with E-state index in [-0.39, 0.29) is 0 Å². The second-order valence-corrected chi connectivity index (χ2v) is 5.15. The largest absolute Gasteiger partial charge is 0.357 e. The summed E-state index contributed by atoms with van der Waals surface area (Å²) in [7, 11) is -3.08. The maximum Gasteiger partial charge on any atom is 0.157 e. The number of aromatic amines is 1. The van der Waals surface area contributed by atoms with Crippen LogP contribution in [0.15, 0.2) is 30.3 Å². The molecule has 1 aromatic heterocycles. The minimum atomic E-state index is -3.08. The topological polar surface area (TPSA) is 49.9 Å². The van der Waals surface area contributed by atoms with Gasteiger partial charge in [-0.1, -0.05) is 18.2 Å². The van der Waals surface area contributed by atoms with Crippen molar-refractivity contribution in [3.63, 3.8) is 0 Å². The van der Waals surface area contributed by atoms with Gasteiger partial charge in [0.05, 0.1) is 0 Å². The molecule has 0 unspecified atom stereocenters. The Hall–Kier alpha value is -1.29. The van der Waals surface area contributed by atoms with Crippen molar-refractivity contribution in [3.05, 3.63) is 41.8 Å². The lowest BCUT2D eigenvalue weighted by atomic mass is 10.2. The van der Waals surface area contributed by atoms with Gasteiger partial charge < -0.3 is 4.98 Å². The Kier molecular flexibility index (Phi) is 2.07. The highest BCUT2D eigenvalue weighted by molar-refractivity contribution is 7.92. The number of hydrogen-bond acceptors (Lipinski definition) is 2. The lowest BCUT2D eigenvalue weighted by Crippen LogP contribution is -1.97. The molecule has 3 nitrogen and oxygen atoms in total. The summed E-state index contributed by atoms with van der Waals surface area (Å²) in [5.41, 5.74) is 1.57. The minimum Gasteiger partial charge on any atom is -0.357 e. The molecule has 2 aromatic rings. The van der Waals surface area contributed by atoms with E-state index in [0.717, 1.165) is 10.9 Å². The van der Waals surface area contributed by atoms with Gasteiger partial charge in [0, 0.05) is 17.5 Å². The van der Waals surface area contributed by atoms with Crippen LogP contribution in [-0.4, -0.2) is 19.7 Å². The summed E-state index contributed by atoms with van der Waals surface area (Å²) in [4.78, 5) is 3.02. The van der Waals surface area contributed by atoms with E-state index in [1.807, 2.05) is 30.3 Å². The monoisotopic (exact) mass is 208 g/mol. The number of para-hydroxylation sites is 1. The molecule has 0 aliphatic rings. The lowest BCUT2D eigenvalue weighted by Gasteiger charge is -1.91. The van der Waals surface area contributed by atoms with Gasteiger partial charge in [0.25, 0.3) is 0 Å². The zero-order valence-electron chi connectivity index (χ0n) is 7.69. The zero-order valence-corrected chi connectivity index (χ0v) is 8.51. The molecular weight excluding hydrogens is 198 g/mol. The van der Waals surface area contributed by atoms with Crippen LogP contribution in [-0.2, 0) is 9.84 Å². The number of H-pyrrole nitrogens is 1. The van der Waals surface area contributed by atoms with Crippen molar-refractivity contribution >= 4 is 20.7 Å². The van der Waals surface area contributed by atoms with E-state index in [1.165, 1.54) is 12.0 Å². The van der Waals surface area contributed by atoms with E-state index in [1.54, 1.807) is 0 Å². The molecule has 1 aromatic carbocycles. The van der Waals surface area contributed by atoms with Crippen LogP contribution >= 0.6 is 0 Å². The first-order chi connectivity index (χ1) is 6.54. The molecule has 4 heteroatoms. The molecule has 73 valence electrons. The van der Waals surface area contributed by atoms with Gasteiger partial charge in [-0.25, -0.2) is 8.42 Å². The van der Waals surface area contributed by atoms with Gasteiger partial charge in [-0.15, -0.1) is 0 Å². The van der Waals surface area contributed by atoms with Crippen LogP contribution in [0.5, 0.6) is 0 Å². The van der Waals surface area contributed by atoms with Crippen molar-refractivity contribution in [2.45, 2.75) is 0 Å². The van der Waals surface area contributed by atoms with E-state index in [2.05, 4.69) is 4.98 Å². The van der Waals surface area contributed by atoms with Gasteiger partial charge in [0.1, 0.15) is 5.75 Å². The molecule has 0 spiro atoms. The fourth-order valence-corrected chi connectivity index (χ4v) is 1.98. The molecule has 0 amide bonds. The van der Waals surface area contributed by atoms with E-state index in [4.69, 9.17) is 0 Å². The van der Waals surface area contributed by atoms with Crippen LogP contribution < -0.4 is 0 Å². The fraction of sp³-hybridized carbons (Fsp3) is 0.100. The summed E-state index contributed by atoms with van der Waals surface area (Å²) in [6.07, 6.45) is 1.18. The third-order valence-corrected chi connectivity index (χ3v) is 2.57. The van der Waals surface area contributed by atoms with E-state index < -0.39 is 9.84 Å². The van der Waals surface area contributed by atoms with Crippen molar-refractivity contribution in [3.8, 4) is 0 Å². The summed E-state index contributed by atoms with van der Waals surface area (Å²) >= 11 is 0. The molecule has 1 N–H and O–H groups in total. The number of sulfone groups is 1. The molecular formula is C10H10NO2S. The molecule has 1 radical (unpaired) electrons. The SMILES string of the molecule is CS(=O)(=O)[CH]c1cc2ccccc2[nH]1. The predicted octanol–water partition coefficient (Wildman–Crippen LogP) is 1.72. The van der Waals surface area contributed by atoms with E-state index in [0.29, 0.717) is 5.69 Å². The standard InChI is InChI=1S/C10H10NO2S/c1-14(12,13)7-9-6-8-4-2-3-5-10(8)11-9/h2-7,11H,1H3. The lowest BCUT2D eigenvalue weighted by molar-refractivity contribution is 0.607. The van der Waals surface area contributed by atoms with Crippen molar-refractivity contribution in [1.82, 2.24) is 4.98 Å². The Bertz CT molecular complexity index is 521. The first-order valence-electron chi connectivity index (χ1n) is 4.17. The van der Waals surface area contributed by atoms with Gasteiger partial charge in [0.15, 0.2) is 9.84 Å². The third kappa shape index (κ3) is 1.96. The van der Waals surface area contributed by atoms with Crippen molar-refractivity contribution in [2.75, 3.05) is 6.26 Å². The number of hydrogen-bond donors (Lipinski definition) is 1. The Morgan fingerprint density at radius 3 is 2.64 bits per heavy atom. The van der Waals surface area contributed by atoms with Crippen molar-refractivity contribution < 1.29 is 8.42 Å². The maximum atomic E-state index is 11.0. The average molecular weight is 208 g/mol. The molecule has 0 saturated heterocycles. The van der Waals surface area contributed by atoms with Crippen LogP contribution in [0.3, 0.4) is 0 Å². The number of nitrogens with one attached hydrogen (secondary N) is 1. The Morgan fingerprint density at radius 2 is 2.00 bits per heavy atom. The van der Waals surface area contributed by atoms with Gasteiger partial charge in [-0.05, 0) is 17.5 Å². The molecule has 1 heterocycles. The molecule has 14 heavy (non-hydrogen) atoms. The molecule has 0 atom stereocenters. The maximum absolute atomic E-state index is 11.0. The van der Waals surface area contributed by atoms with E-state index >= 15 is 0 Å². The van der Waals surface area contributed by atoms with Crippen LogP contribution in [0.1, 0.15) is 5.69 Å². The van der Waals surface area contributed by atoms with Gasteiger partial charge in [0.2, 0.25) is 0 Å². The Labute approximate surface area is 82.7 Å². The highest BCUT2D eigenvalue weighted by atomic mass is 32.2. The summed E-state index contributed by atoms with van der Waals surface area (Å²) in [5, 5.41) is 1.02. The number of aromatic nitrogens is 1. The van der Waals surface area contributed by atoms with E-state index in [9.17, 15) is 8.42 Å². The zero-order chi connectivity index (χ0) is 10.2. The van der Waals surface area contributed by atoms with Crippen LogP contribution in [0.2, 0.25) is 0 Å². The molecule has 0 bridgehead atoms. The Morgan fingerprint density at radius 1 is 1.29 bits per heavy atom. The summed E-state index contributed by atoms with van der Waals surface area (Å²) < 4.78 is 22.0. The molecule has 2 rings (SSSR count). The highest BCUT2D eigenvalue weighted by Gasteiger charge is 2.07. The van der Waals surface area contributed by atoms with Gasteiger partial charge in [-0.2, -0.15) is 0 Å². The van der Waals surface area contributed by atoms with Gasteiger partial charge in [-0.3, -0.25) is 0 Å². The molecule has 0 aliphatic heterocycles. The van der Waals surface area contributed by atoms with Crippen LogP contribution in [0, 0.1) is 5.75 Å². The Balaban J connectivity index is 2.46. The third-order valence-electron chi connectivity index (χ3n) is 1.89. The second kappa shape index (κ2) is 3.13. The van der Waals surface area contributed by atoms with Crippen molar-refractivity contribution in [2.24, 2.45) is 0 Å². The predicted molar refractivity (Wildman–Crippen MR) is 56.5 cm³/mol. The second-order valence-electron chi connectivity index (χ2n) is 3.26. The minimum absolute atomic E-state index is 0.619. The van der Waals surface area contributed by atoms with Crippen LogP contribution in [0.25, 0.3) is 10.9 Å². The molecule has 0 fully saturated rings. The fourth-order valence-electron chi connectivity index (χ4n) is 1.39. The highest BCUT2D eigenvalue weighted by Crippen LogP contribution is 2.16. The number of rotatable bonds is 2. The number of benzene rings is 1. The smallest absolute Gasteiger partial charge is 0.157 e. The number of fused-ring (bicyclic) bond motifs is 1. The quantitative estimate of drug-likeness (QED) is 0.817. The first-order valence-corrected chi connectivity index (χ1v) is 6.13. The normalized spacial score (nSPS) is 12.1.